The molecule has 29 heavy (non-hydrogen) atoms. The lowest BCUT2D eigenvalue weighted by atomic mass is 9.96. The smallest absolute Gasteiger partial charge is 0.347 e. The summed E-state index contributed by atoms with van der Waals surface area (Å²) in [7, 11) is 0. The van der Waals surface area contributed by atoms with Gasteiger partial charge in [-0.25, -0.2) is 9.59 Å². The molecule has 6 heteroatoms. The highest BCUT2D eigenvalue weighted by molar-refractivity contribution is 6.02. The molecule has 0 atom stereocenters. The maximum absolute atomic E-state index is 12.5. The van der Waals surface area contributed by atoms with E-state index in [2.05, 4.69) is 18.7 Å². The molecular weight excluding hydrogens is 370 g/mol. The second-order valence-corrected chi connectivity index (χ2v) is 6.45. The molecule has 0 aliphatic rings. The molecule has 2 aromatic carbocycles. The van der Waals surface area contributed by atoms with E-state index < -0.39 is 11.6 Å². The molecular formula is C23H23NO5. The highest BCUT2D eigenvalue weighted by Gasteiger charge is 2.17. The van der Waals surface area contributed by atoms with Gasteiger partial charge in [-0.3, -0.25) is 4.79 Å². The van der Waals surface area contributed by atoms with Crippen LogP contribution in [0.15, 0.2) is 51.7 Å². The molecule has 0 bridgehead atoms. The van der Waals surface area contributed by atoms with Gasteiger partial charge in [0.25, 0.3) is 0 Å². The van der Waals surface area contributed by atoms with Gasteiger partial charge in [-0.05, 0) is 50.6 Å². The number of fused-ring (bicyclic) bond motifs is 1. The van der Waals surface area contributed by atoms with Gasteiger partial charge in [0, 0.05) is 35.8 Å². The summed E-state index contributed by atoms with van der Waals surface area (Å²) in [4.78, 5) is 38.1. The molecule has 0 amide bonds. The number of carbonyl (C=O) groups is 2. The van der Waals surface area contributed by atoms with E-state index in [0.717, 1.165) is 18.8 Å². The molecule has 0 saturated carbocycles. The first kappa shape index (κ1) is 20.3. The first-order valence-electron chi connectivity index (χ1n) is 9.62. The number of esters is 1. The Hall–Kier alpha value is -3.41. The van der Waals surface area contributed by atoms with Crippen molar-refractivity contribution in [2.24, 2.45) is 0 Å². The van der Waals surface area contributed by atoms with Crippen LogP contribution in [0.1, 0.15) is 41.5 Å². The van der Waals surface area contributed by atoms with Crippen LogP contribution in [-0.4, -0.2) is 32.0 Å². The van der Waals surface area contributed by atoms with Crippen LogP contribution in [0.5, 0.6) is 0 Å². The number of hydrogen-bond donors (Lipinski definition) is 0. The number of aldehydes is 1. The van der Waals surface area contributed by atoms with E-state index >= 15 is 0 Å². The average Bonchev–Trinajstić information content (AvgIpc) is 2.74. The van der Waals surface area contributed by atoms with Crippen LogP contribution in [0, 0.1) is 0 Å². The second kappa shape index (κ2) is 8.73. The minimum atomic E-state index is -0.686. The Morgan fingerprint density at radius 2 is 1.76 bits per heavy atom. The number of benzene rings is 2. The van der Waals surface area contributed by atoms with Crippen LogP contribution >= 0.6 is 0 Å². The van der Waals surface area contributed by atoms with Crippen molar-refractivity contribution in [1.82, 2.24) is 0 Å². The molecule has 1 aromatic heterocycles. The zero-order valence-electron chi connectivity index (χ0n) is 16.7. The molecule has 0 aliphatic carbocycles. The van der Waals surface area contributed by atoms with E-state index in [4.69, 9.17) is 9.15 Å². The minimum absolute atomic E-state index is 0.0445. The van der Waals surface area contributed by atoms with Crippen LogP contribution in [0.3, 0.4) is 0 Å². The van der Waals surface area contributed by atoms with Crippen molar-refractivity contribution < 1.29 is 18.7 Å². The Bertz CT molecular complexity index is 1090. The number of anilines is 1. The summed E-state index contributed by atoms with van der Waals surface area (Å²) >= 11 is 0. The second-order valence-electron chi connectivity index (χ2n) is 6.45. The summed E-state index contributed by atoms with van der Waals surface area (Å²) in [6.07, 6.45) is 0.512. The van der Waals surface area contributed by atoms with Crippen LogP contribution in [0.4, 0.5) is 5.69 Å². The van der Waals surface area contributed by atoms with Crippen molar-refractivity contribution in [3.8, 4) is 11.1 Å². The van der Waals surface area contributed by atoms with Crippen molar-refractivity contribution >= 4 is 28.9 Å². The summed E-state index contributed by atoms with van der Waals surface area (Å²) in [6, 6.07) is 12.2. The Kier molecular flexibility index (Phi) is 6.12. The molecule has 0 fully saturated rings. The molecule has 3 rings (SSSR count). The Morgan fingerprint density at radius 3 is 2.34 bits per heavy atom. The fourth-order valence-electron chi connectivity index (χ4n) is 3.39. The highest BCUT2D eigenvalue weighted by Crippen LogP contribution is 2.32. The number of ether oxygens (including phenoxy) is 1. The summed E-state index contributed by atoms with van der Waals surface area (Å²) in [5.74, 6) is -0.420. The standard InChI is InChI=1S/C23H23NO5/c1-4-24(5-2)17-11-12-18-20(13-17)29-23(27)19(14-25)21(18)15-7-9-16(10-8-15)22(26)28-6-3/h7-14H,4-6H2,1-3H3. The third-order valence-corrected chi connectivity index (χ3v) is 4.86. The quantitative estimate of drug-likeness (QED) is 0.338. The lowest BCUT2D eigenvalue weighted by Crippen LogP contribution is -2.21. The molecule has 0 saturated heterocycles. The summed E-state index contributed by atoms with van der Waals surface area (Å²) in [5, 5.41) is 0.659. The van der Waals surface area contributed by atoms with Crippen molar-refractivity contribution in [1.29, 1.82) is 0 Å². The van der Waals surface area contributed by atoms with Crippen molar-refractivity contribution in [2.75, 3.05) is 24.6 Å². The van der Waals surface area contributed by atoms with E-state index in [1.807, 2.05) is 18.2 Å². The normalized spacial score (nSPS) is 10.7. The fourth-order valence-corrected chi connectivity index (χ4v) is 3.39. The predicted octanol–water partition coefficient (Wildman–Crippen LogP) is 4.30. The first-order valence-corrected chi connectivity index (χ1v) is 9.62. The van der Waals surface area contributed by atoms with E-state index in [0.29, 0.717) is 33.9 Å². The van der Waals surface area contributed by atoms with Gasteiger partial charge in [0.15, 0.2) is 6.29 Å². The van der Waals surface area contributed by atoms with Gasteiger partial charge in [0.1, 0.15) is 11.1 Å². The fraction of sp³-hybridized carbons (Fsp3) is 0.261. The molecule has 0 unspecified atom stereocenters. The molecule has 0 spiro atoms. The van der Waals surface area contributed by atoms with Gasteiger partial charge < -0.3 is 14.1 Å². The lowest BCUT2D eigenvalue weighted by molar-refractivity contribution is 0.0526. The van der Waals surface area contributed by atoms with Crippen LogP contribution < -0.4 is 10.5 Å². The maximum Gasteiger partial charge on any atom is 0.347 e. The maximum atomic E-state index is 12.5. The predicted molar refractivity (Wildman–Crippen MR) is 113 cm³/mol. The third kappa shape index (κ3) is 3.92. The summed E-state index contributed by atoms with van der Waals surface area (Å²) in [6.45, 7) is 7.77. The van der Waals surface area contributed by atoms with Gasteiger partial charge in [-0.1, -0.05) is 12.1 Å². The van der Waals surface area contributed by atoms with E-state index in [-0.39, 0.29) is 12.2 Å². The first-order chi connectivity index (χ1) is 14.0. The van der Waals surface area contributed by atoms with Crippen molar-refractivity contribution in [3.63, 3.8) is 0 Å². The zero-order chi connectivity index (χ0) is 21.0. The SMILES string of the molecule is CCOC(=O)c1ccc(-c2c(C=O)c(=O)oc3cc(N(CC)CC)ccc23)cc1. The largest absolute Gasteiger partial charge is 0.462 e. The van der Waals surface area contributed by atoms with E-state index in [1.54, 1.807) is 31.2 Å². The monoisotopic (exact) mass is 393 g/mol. The van der Waals surface area contributed by atoms with Crippen LogP contribution in [-0.2, 0) is 4.74 Å². The molecule has 0 aliphatic heterocycles. The molecule has 1 heterocycles. The number of hydrogen-bond acceptors (Lipinski definition) is 6. The van der Waals surface area contributed by atoms with E-state index in [9.17, 15) is 14.4 Å². The zero-order valence-corrected chi connectivity index (χ0v) is 16.7. The molecule has 3 aromatic rings. The van der Waals surface area contributed by atoms with Gasteiger partial charge in [0.2, 0.25) is 0 Å². The molecule has 6 nitrogen and oxygen atoms in total. The highest BCUT2D eigenvalue weighted by atomic mass is 16.5. The molecule has 0 N–H and O–H groups in total. The van der Waals surface area contributed by atoms with Gasteiger partial charge >= 0.3 is 11.6 Å². The minimum Gasteiger partial charge on any atom is -0.462 e. The summed E-state index contributed by atoms with van der Waals surface area (Å²) < 4.78 is 10.4. The van der Waals surface area contributed by atoms with Gasteiger partial charge in [-0.15, -0.1) is 0 Å². The Labute approximate surface area is 168 Å². The number of nitrogens with zero attached hydrogens (tertiary/aromatic N) is 1. The average molecular weight is 393 g/mol. The Morgan fingerprint density at radius 1 is 1.07 bits per heavy atom. The number of rotatable bonds is 7. The van der Waals surface area contributed by atoms with Gasteiger partial charge in [-0.2, -0.15) is 0 Å². The van der Waals surface area contributed by atoms with Gasteiger partial charge in [0.05, 0.1) is 12.2 Å². The topological polar surface area (TPSA) is 76.8 Å². The van der Waals surface area contributed by atoms with Crippen LogP contribution in [0.25, 0.3) is 22.1 Å². The van der Waals surface area contributed by atoms with Crippen LogP contribution in [0.2, 0.25) is 0 Å². The van der Waals surface area contributed by atoms with Crippen molar-refractivity contribution in [2.45, 2.75) is 20.8 Å². The van der Waals surface area contributed by atoms with Crippen molar-refractivity contribution in [3.05, 3.63) is 64.0 Å². The molecule has 150 valence electrons. The lowest BCUT2D eigenvalue weighted by Gasteiger charge is -2.21. The summed E-state index contributed by atoms with van der Waals surface area (Å²) in [5.41, 5.74) is 2.16. The number of carbonyl (C=O) groups excluding carboxylic acids is 2. The Balaban J connectivity index is 2.18. The molecule has 0 radical (unpaired) electrons. The third-order valence-electron chi connectivity index (χ3n) is 4.86. The van der Waals surface area contributed by atoms with E-state index in [1.165, 1.54) is 0 Å².